The molecule has 0 radical (unpaired) electrons. The predicted molar refractivity (Wildman–Crippen MR) is 196 cm³/mol. The second kappa shape index (κ2) is 33.1. The lowest BCUT2D eigenvalue weighted by Crippen LogP contribution is -2.57. The van der Waals surface area contributed by atoms with Crippen LogP contribution in [0.3, 0.4) is 0 Å². The van der Waals surface area contributed by atoms with Gasteiger partial charge in [0.05, 0.1) is 6.61 Å². The van der Waals surface area contributed by atoms with Crippen LogP contribution in [0.1, 0.15) is 181 Å². The van der Waals surface area contributed by atoms with Crippen molar-refractivity contribution in [1.29, 1.82) is 0 Å². The number of Topliss-reactive ketones (excluding diaryl/α,β-unsaturated/α-hetero) is 2. The molecule has 5 nitrogen and oxygen atoms in total. The van der Waals surface area contributed by atoms with Crippen molar-refractivity contribution in [3.63, 3.8) is 0 Å². The van der Waals surface area contributed by atoms with Crippen LogP contribution in [0.25, 0.3) is 0 Å². The van der Waals surface area contributed by atoms with Crippen molar-refractivity contribution in [2.75, 3.05) is 6.61 Å². The molecule has 0 bridgehead atoms. The Hall–Kier alpha value is -1.82. The molecule has 2 atom stereocenters. The Morgan fingerprint density at radius 3 is 1.24 bits per heavy atom. The minimum atomic E-state index is -2.52. The molecule has 0 heterocycles. The SMILES string of the molecule is CCCCC/C=C\C/C=C\C/C=C\C/C=C\CCCC(=O)C(O)(C(=O)CCCCCCCCCCCCCCCCC)C(O)CO. The third-order valence-electron chi connectivity index (χ3n) is 8.74. The first kappa shape index (κ1) is 44.2. The van der Waals surface area contributed by atoms with Crippen LogP contribution in [0.2, 0.25) is 0 Å². The molecule has 0 amide bonds. The molecule has 0 fully saturated rings. The molecule has 0 aliphatic rings. The zero-order chi connectivity index (χ0) is 34.0. The zero-order valence-electron chi connectivity index (χ0n) is 29.9. The number of allylic oxidation sites excluding steroid dienone is 8. The fourth-order valence-corrected chi connectivity index (χ4v) is 5.64. The molecule has 0 saturated heterocycles. The quantitative estimate of drug-likeness (QED) is 0.0368. The molecule has 0 aromatic rings. The van der Waals surface area contributed by atoms with E-state index in [1.807, 2.05) is 12.2 Å². The monoisotopic (exact) mass is 645 g/mol. The van der Waals surface area contributed by atoms with E-state index in [0.29, 0.717) is 19.3 Å². The van der Waals surface area contributed by atoms with E-state index in [9.17, 15) is 24.9 Å². The first-order valence-corrected chi connectivity index (χ1v) is 19.1. The van der Waals surface area contributed by atoms with Gasteiger partial charge in [-0.25, -0.2) is 0 Å². The van der Waals surface area contributed by atoms with Crippen molar-refractivity contribution >= 4 is 11.6 Å². The van der Waals surface area contributed by atoms with Crippen molar-refractivity contribution in [2.45, 2.75) is 192 Å². The molecule has 266 valence electrons. The lowest BCUT2D eigenvalue weighted by Gasteiger charge is -2.29. The molecule has 46 heavy (non-hydrogen) atoms. The number of rotatable bonds is 34. The molecule has 0 spiro atoms. The summed E-state index contributed by atoms with van der Waals surface area (Å²) in [6.45, 7) is 3.65. The van der Waals surface area contributed by atoms with Crippen molar-refractivity contribution in [1.82, 2.24) is 0 Å². The maximum Gasteiger partial charge on any atom is 0.209 e. The van der Waals surface area contributed by atoms with Gasteiger partial charge in [-0.05, 0) is 51.4 Å². The summed E-state index contributed by atoms with van der Waals surface area (Å²) in [5.74, 6) is -1.37. The topological polar surface area (TPSA) is 94.8 Å². The average molecular weight is 645 g/mol. The van der Waals surface area contributed by atoms with E-state index in [2.05, 4.69) is 50.3 Å². The van der Waals surface area contributed by atoms with Gasteiger partial charge in [0.15, 0.2) is 11.6 Å². The molecule has 0 aliphatic heterocycles. The maximum atomic E-state index is 12.9. The predicted octanol–water partition coefficient (Wildman–Crippen LogP) is 10.6. The van der Waals surface area contributed by atoms with Crippen LogP contribution in [-0.2, 0) is 9.59 Å². The fourth-order valence-electron chi connectivity index (χ4n) is 5.64. The van der Waals surface area contributed by atoms with Crippen molar-refractivity contribution in [3.05, 3.63) is 48.6 Å². The maximum absolute atomic E-state index is 12.9. The van der Waals surface area contributed by atoms with E-state index in [0.717, 1.165) is 38.5 Å². The fraction of sp³-hybridized carbons (Fsp3) is 0.756. The summed E-state index contributed by atoms with van der Waals surface area (Å²) >= 11 is 0. The van der Waals surface area contributed by atoms with E-state index in [1.165, 1.54) is 96.3 Å². The third kappa shape index (κ3) is 24.4. The number of carbonyl (C=O) groups is 2. The van der Waals surface area contributed by atoms with E-state index >= 15 is 0 Å². The second-order valence-corrected chi connectivity index (χ2v) is 13.0. The standard InChI is InChI=1S/C41H72O5/c1-3-5-7-9-11-13-15-17-19-20-22-24-26-28-30-32-34-36-39(44)41(46,40(45)37-42)38(43)35-33-31-29-27-25-23-21-18-16-14-12-10-8-6-4-2/h11,13,17,19,22,24,28,30,40,42,45-46H,3-10,12,14-16,18,20-21,23,25-27,29,31-37H2,1-2H3/b13-11-,19-17-,24-22-,30-28-. The van der Waals surface area contributed by atoms with Gasteiger partial charge in [-0.2, -0.15) is 0 Å². The number of ketones is 2. The minimum Gasteiger partial charge on any atom is -0.394 e. The molecule has 2 unspecified atom stereocenters. The Kier molecular flexibility index (Phi) is 31.8. The molecule has 0 rings (SSSR count). The van der Waals surface area contributed by atoms with Crippen LogP contribution in [0.15, 0.2) is 48.6 Å². The van der Waals surface area contributed by atoms with Crippen LogP contribution < -0.4 is 0 Å². The molecule has 0 saturated carbocycles. The third-order valence-corrected chi connectivity index (χ3v) is 8.74. The summed E-state index contributed by atoms with van der Waals surface area (Å²) in [6.07, 6.45) is 42.4. The van der Waals surface area contributed by atoms with E-state index in [-0.39, 0.29) is 12.8 Å². The first-order chi connectivity index (χ1) is 22.4. The summed E-state index contributed by atoms with van der Waals surface area (Å²) in [6, 6.07) is 0. The van der Waals surface area contributed by atoms with E-state index in [1.54, 1.807) is 0 Å². The lowest BCUT2D eigenvalue weighted by molar-refractivity contribution is -0.166. The van der Waals surface area contributed by atoms with Gasteiger partial charge in [0.2, 0.25) is 5.60 Å². The van der Waals surface area contributed by atoms with Crippen molar-refractivity contribution < 1.29 is 24.9 Å². The average Bonchev–Trinajstić information content (AvgIpc) is 3.06. The number of hydrogen-bond donors (Lipinski definition) is 3. The van der Waals surface area contributed by atoms with E-state index < -0.39 is 29.9 Å². The number of hydrogen-bond acceptors (Lipinski definition) is 5. The molecule has 0 aromatic carbocycles. The molecular weight excluding hydrogens is 572 g/mol. The second-order valence-electron chi connectivity index (χ2n) is 13.0. The van der Waals surface area contributed by atoms with Crippen LogP contribution in [0.5, 0.6) is 0 Å². The minimum absolute atomic E-state index is 0.0177. The van der Waals surface area contributed by atoms with Gasteiger partial charge >= 0.3 is 0 Å². The Morgan fingerprint density at radius 1 is 0.500 bits per heavy atom. The summed E-state index contributed by atoms with van der Waals surface area (Å²) in [7, 11) is 0. The van der Waals surface area contributed by atoms with Gasteiger partial charge in [-0.1, -0.05) is 165 Å². The van der Waals surface area contributed by atoms with Gasteiger partial charge in [-0.3, -0.25) is 9.59 Å². The van der Waals surface area contributed by atoms with Crippen molar-refractivity contribution in [3.8, 4) is 0 Å². The lowest BCUT2D eigenvalue weighted by atomic mass is 9.83. The molecule has 3 N–H and O–H groups in total. The Morgan fingerprint density at radius 2 is 0.826 bits per heavy atom. The summed E-state index contributed by atoms with van der Waals surface area (Å²) in [5, 5.41) is 30.6. The van der Waals surface area contributed by atoms with Gasteiger partial charge in [0.25, 0.3) is 0 Å². The van der Waals surface area contributed by atoms with Crippen molar-refractivity contribution in [2.24, 2.45) is 0 Å². The number of aliphatic hydroxyl groups excluding tert-OH is 2. The Bertz CT molecular complexity index is 827. The highest BCUT2D eigenvalue weighted by Gasteiger charge is 2.48. The largest absolute Gasteiger partial charge is 0.394 e. The van der Waals surface area contributed by atoms with Gasteiger partial charge in [0.1, 0.15) is 6.10 Å². The van der Waals surface area contributed by atoms with Crippen LogP contribution in [-0.4, -0.2) is 45.2 Å². The smallest absolute Gasteiger partial charge is 0.209 e. The molecular formula is C41H72O5. The highest BCUT2D eigenvalue weighted by atomic mass is 16.4. The molecule has 5 heteroatoms. The van der Waals surface area contributed by atoms with E-state index in [4.69, 9.17) is 0 Å². The van der Waals surface area contributed by atoms with Crippen LogP contribution in [0, 0.1) is 0 Å². The zero-order valence-corrected chi connectivity index (χ0v) is 29.9. The highest BCUT2D eigenvalue weighted by molar-refractivity contribution is 6.10. The normalized spacial score (nSPS) is 14.3. The van der Waals surface area contributed by atoms with Gasteiger partial charge < -0.3 is 15.3 Å². The Balaban J connectivity index is 4.10. The summed E-state index contributed by atoms with van der Waals surface area (Å²) in [4.78, 5) is 25.7. The number of aliphatic hydroxyl groups is 3. The van der Waals surface area contributed by atoms with Gasteiger partial charge in [0, 0.05) is 12.8 Å². The van der Waals surface area contributed by atoms with Crippen LogP contribution in [0.4, 0.5) is 0 Å². The van der Waals surface area contributed by atoms with Crippen LogP contribution >= 0.6 is 0 Å². The first-order valence-electron chi connectivity index (χ1n) is 19.1. The Labute approximate surface area is 283 Å². The number of carbonyl (C=O) groups excluding carboxylic acids is 2. The highest BCUT2D eigenvalue weighted by Crippen LogP contribution is 2.22. The number of unbranched alkanes of at least 4 members (excludes halogenated alkanes) is 18. The molecule has 0 aromatic heterocycles. The summed E-state index contributed by atoms with van der Waals surface area (Å²) < 4.78 is 0. The van der Waals surface area contributed by atoms with Gasteiger partial charge in [-0.15, -0.1) is 0 Å². The summed E-state index contributed by atoms with van der Waals surface area (Å²) in [5.41, 5.74) is -2.52. The molecule has 0 aliphatic carbocycles.